The third-order valence-corrected chi connectivity index (χ3v) is 6.98. The second kappa shape index (κ2) is 10.0. The van der Waals surface area contributed by atoms with Crippen molar-refractivity contribution in [3.63, 3.8) is 0 Å². The molecule has 1 atom stereocenters. The summed E-state index contributed by atoms with van der Waals surface area (Å²) in [4.78, 5) is 0. The van der Waals surface area contributed by atoms with Crippen LogP contribution in [0.4, 0.5) is 0 Å². The molecule has 1 unspecified atom stereocenters. The van der Waals surface area contributed by atoms with Crippen LogP contribution in [0.5, 0.6) is 0 Å². The molecule has 0 aliphatic carbocycles. The number of unbranched alkanes of at least 4 members (excludes halogenated alkanes) is 1. The molecule has 0 aliphatic heterocycles. The molecule has 0 heterocycles. The van der Waals surface area contributed by atoms with Crippen LogP contribution in [0.2, 0.25) is 0 Å². The Hall–Kier alpha value is -0.270. The maximum absolute atomic E-state index is 11.8. The van der Waals surface area contributed by atoms with Crippen LogP contribution in [0, 0.1) is 5.92 Å². The summed E-state index contributed by atoms with van der Waals surface area (Å²) in [5.41, 5.74) is 0. The van der Waals surface area contributed by atoms with E-state index in [4.69, 9.17) is 12.9 Å². The fraction of sp³-hybridized carbons (Fsp3) is 1.00. The summed E-state index contributed by atoms with van der Waals surface area (Å²) in [6.07, 6.45) is 0.162. The lowest BCUT2D eigenvalue weighted by atomic mass is 10.3. The molecule has 0 fully saturated rings. The standard InChI is InChI=1S/C12H26O9S3/c1-11(2)10-23(16,17)20-8-6-12(3)24(18,19)21-7-4-5-9-22(13,14)15/h11-12H,4-10H2,1-3H3,(H,13,14,15). The molecule has 0 bridgehead atoms. The minimum absolute atomic E-state index is 0.0509. The lowest BCUT2D eigenvalue weighted by molar-refractivity contribution is 0.286. The van der Waals surface area contributed by atoms with E-state index < -0.39 is 41.4 Å². The van der Waals surface area contributed by atoms with Gasteiger partial charge in [0.1, 0.15) is 0 Å². The third kappa shape index (κ3) is 12.1. The first-order valence-electron chi connectivity index (χ1n) is 7.45. The van der Waals surface area contributed by atoms with E-state index in [1.807, 2.05) is 0 Å². The predicted octanol–water partition coefficient (Wildman–Crippen LogP) is 0.782. The molecule has 0 saturated heterocycles. The lowest BCUT2D eigenvalue weighted by Crippen LogP contribution is -2.24. The molecule has 0 rings (SSSR count). The van der Waals surface area contributed by atoms with Crippen molar-refractivity contribution in [2.75, 3.05) is 24.7 Å². The monoisotopic (exact) mass is 410 g/mol. The van der Waals surface area contributed by atoms with Crippen molar-refractivity contribution in [2.45, 2.75) is 45.3 Å². The van der Waals surface area contributed by atoms with Crippen LogP contribution in [0.15, 0.2) is 0 Å². The van der Waals surface area contributed by atoms with Crippen molar-refractivity contribution in [1.82, 2.24) is 0 Å². The van der Waals surface area contributed by atoms with Gasteiger partial charge in [-0.25, -0.2) is 0 Å². The van der Waals surface area contributed by atoms with E-state index in [0.717, 1.165) is 0 Å². The maximum atomic E-state index is 11.8. The van der Waals surface area contributed by atoms with Crippen molar-refractivity contribution in [2.24, 2.45) is 5.92 Å². The number of hydrogen-bond donors (Lipinski definition) is 1. The van der Waals surface area contributed by atoms with E-state index in [1.54, 1.807) is 13.8 Å². The van der Waals surface area contributed by atoms with Crippen molar-refractivity contribution in [1.29, 1.82) is 0 Å². The zero-order valence-corrected chi connectivity index (χ0v) is 16.5. The third-order valence-electron chi connectivity index (χ3n) is 2.86. The Balaban J connectivity index is 4.18. The van der Waals surface area contributed by atoms with E-state index in [1.165, 1.54) is 6.92 Å². The highest BCUT2D eigenvalue weighted by atomic mass is 32.2. The van der Waals surface area contributed by atoms with Gasteiger partial charge in [0.25, 0.3) is 30.4 Å². The molecular weight excluding hydrogens is 384 g/mol. The van der Waals surface area contributed by atoms with Crippen molar-refractivity contribution >= 4 is 30.4 Å². The first-order valence-corrected chi connectivity index (χ1v) is 12.1. The largest absolute Gasteiger partial charge is 0.286 e. The van der Waals surface area contributed by atoms with E-state index in [2.05, 4.69) is 0 Å². The normalized spacial score (nSPS) is 14.9. The molecule has 0 radical (unpaired) electrons. The second-order valence-corrected chi connectivity index (χ2v) is 11.1. The molecule has 146 valence electrons. The average Bonchev–Trinajstić information content (AvgIpc) is 2.34. The summed E-state index contributed by atoms with van der Waals surface area (Å²) in [5, 5.41) is -0.965. The Morgan fingerprint density at radius 3 is 1.96 bits per heavy atom. The summed E-state index contributed by atoms with van der Waals surface area (Å²) >= 11 is 0. The van der Waals surface area contributed by atoms with Crippen molar-refractivity contribution < 1.29 is 38.2 Å². The van der Waals surface area contributed by atoms with Gasteiger partial charge in [0.05, 0.1) is 30.0 Å². The number of rotatable bonds is 13. The van der Waals surface area contributed by atoms with Gasteiger partial charge in [-0.15, -0.1) is 0 Å². The van der Waals surface area contributed by atoms with Crippen LogP contribution in [0.1, 0.15) is 40.0 Å². The van der Waals surface area contributed by atoms with Gasteiger partial charge in [-0.3, -0.25) is 12.9 Å². The maximum Gasteiger partial charge on any atom is 0.270 e. The molecule has 24 heavy (non-hydrogen) atoms. The summed E-state index contributed by atoms with van der Waals surface area (Å²) < 4.78 is 85.7. The fourth-order valence-electron chi connectivity index (χ4n) is 1.62. The van der Waals surface area contributed by atoms with E-state index in [9.17, 15) is 25.3 Å². The van der Waals surface area contributed by atoms with Gasteiger partial charge in [0, 0.05) is 0 Å². The molecule has 0 aromatic rings. The van der Waals surface area contributed by atoms with Crippen LogP contribution < -0.4 is 0 Å². The average molecular weight is 411 g/mol. The Bertz CT molecular complexity index is 663. The summed E-state index contributed by atoms with van der Waals surface area (Å²) in [6.45, 7) is 4.34. The molecule has 0 saturated carbocycles. The predicted molar refractivity (Wildman–Crippen MR) is 89.2 cm³/mol. The van der Waals surface area contributed by atoms with Gasteiger partial charge in [0.15, 0.2) is 0 Å². The van der Waals surface area contributed by atoms with Crippen LogP contribution in [-0.2, 0) is 38.7 Å². The molecule has 9 nitrogen and oxygen atoms in total. The summed E-state index contributed by atoms with van der Waals surface area (Å²) in [6, 6.07) is 0. The van der Waals surface area contributed by atoms with Gasteiger partial charge >= 0.3 is 0 Å². The topological polar surface area (TPSA) is 141 Å². The van der Waals surface area contributed by atoms with E-state index in [-0.39, 0.29) is 44.1 Å². The fourth-order valence-corrected chi connectivity index (χ4v) is 4.42. The van der Waals surface area contributed by atoms with Gasteiger partial charge in [-0.05, 0) is 32.1 Å². The minimum Gasteiger partial charge on any atom is -0.286 e. The van der Waals surface area contributed by atoms with Gasteiger partial charge < -0.3 is 0 Å². The van der Waals surface area contributed by atoms with E-state index >= 15 is 0 Å². The Morgan fingerprint density at radius 2 is 1.46 bits per heavy atom. The van der Waals surface area contributed by atoms with Crippen molar-refractivity contribution in [3.8, 4) is 0 Å². The van der Waals surface area contributed by atoms with Crippen LogP contribution in [0.25, 0.3) is 0 Å². The second-order valence-electron chi connectivity index (χ2n) is 5.85. The molecule has 0 aromatic heterocycles. The highest BCUT2D eigenvalue weighted by Gasteiger charge is 2.23. The first kappa shape index (κ1) is 23.7. The summed E-state index contributed by atoms with van der Waals surface area (Å²) in [7, 11) is -11.6. The lowest BCUT2D eigenvalue weighted by Gasteiger charge is -2.13. The Kier molecular flexibility index (Phi) is 9.91. The Morgan fingerprint density at radius 1 is 0.875 bits per heavy atom. The molecule has 1 N–H and O–H groups in total. The summed E-state index contributed by atoms with van der Waals surface area (Å²) in [5.74, 6) is -0.700. The Labute approximate surface area is 144 Å². The van der Waals surface area contributed by atoms with Gasteiger partial charge in [-0.2, -0.15) is 25.3 Å². The van der Waals surface area contributed by atoms with Gasteiger partial charge in [0.2, 0.25) is 0 Å². The van der Waals surface area contributed by atoms with Crippen LogP contribution >= 0.6 is 0 Å². The molecule has 12 heteroatoms. The molecular formula is C12H26O9S3. The first-order chi connectivity index (χ1) is 10.8. The molecule has 0 aliphatic rings. The molecule has 0 spiro atoms. The zero-order chi connectivity index (χ0) is 19.0. The van der Waals surface area contributed by atoms with E-state index in [0.29, 0.717) is 0 Å². The molecule has 0 aromatic carbocycles. The minimum atomic E-state index is -4.07. The highest BCUT2D eigenvalue weighted by Crippen LogP contribution is 2.11. The van der Waals surface area contributed by atoms with Gasteiger partial charge in [-0.1, -0.05) is 13.8 Å². The highest BCUT2D eigenvalue weighted by molar-refractivity contribution is 7.87. The molecule has 0 amide bonds. The zero-order valence-electron chi connectivity index (χ0n) is 14.0. The number of hydrogen-bond acceptors (Lipinski definition) is 8. The van der Waals surface area contributed by atoms with Crippen molar-refractivity contribution in [3.05, 3.63) is 0 Å². The quantitative estimate of drug-likeness (QED) is 0.265. The van der Waals surface area contributed by atoms with Crippen LogP contribution in [-0.4, -0.2) is 59.8 Å². The smallest absolute Gasteiger partial charge is 0.270 e. The van der Waals surface area contributed by atoms with Crippen LogP contribution in [0.3, 0.4) is 0 Å². The SMILES string of the molecule is CC(C)CS(=O)(=O)OCCC(C)S(=O)(=O)OCCCCS(=O)(=O)O.